The normalized spacial score (nSPS) is 15.4. The van der Waals surface area contributed by atoms with Crippen LogP contribution in [0.2, 0.25) is 0 Å². The van der Waals surface area contributed by atoms with Crippen LogP contribution in [0.4, 0.5) is 4.39 Å². The molecule has 2 aromatic rings. The van der Waals surface area contributed by atoms with E-state index >= 15 is 0 Å². The van der Waals surface area contributed by atoms with Gasteiger partial charge < -0.3 is 20.5 Å². The maximum absolute atomic E-state index is 14.4. The maximum Gasteiger partial charge on any atom is 0.322 e. The fourth-order valence-electron chi connectivity index (χ4n) is 2.57. The number of benzene rings is 2. The number of carbonyl (C=O) groups excluding carboxylic acids is 2. The van der Waals surface area contributed by atoms with Gasteiger partial charge in [-0.25, -0.2) is 4.39 Å². The van der Waals surface area contributed by atoms with E-state index in [1.165, 1.54) is 19.2 Å². The van der Waals surface area contributed by atoms with Crippen LogP contribution in [0.1, 0.15) is 11.1 Å². The molecule has 30 heavy (non-hydrogen) atoms. The smallest absolute Gasteiger partial charge is 0.322 e. The monoisotopic (exact) mass is 468 g/mol. The van der Waals surface area contributed by atoms with Crippen LogP contribution >= 0.6 is 36.4 Å². The number of nitrogens with two attached hydrogens (primary N) is 1. The zero-order chi connectivity index (χ0) is 21.0. The number of methoxy groups -OCH3 is 1. The second kappa shape index (κ2) is 10.5. The Bertz CT molecular complexity index is 999. The van der Waals surface area contributed by atoms with Crippen LogP contribution in [-0.2, 0) is 20.7 Å². The zero-order valence-corrected chi connectivity index (χ0v) is 18.2. The molecule has 0 aromatic heterocycles. The van der Waals surface area contributed by atoms with Crippen molar-refractivity contribution in [1.29, 1.82) is 0 Å². The molecule has 1 saturated heterocycles. The standard InChI is InChI=1S/C20H17FN2O4S2.ClH/c1-26-19(25)15(22)9-11-2-5-13(6-3-11)27-16-7-4-12(8-14(16)21)10-17-18(24)23-20(28)29-17;/h2-8,10,15H,9,22H2,1H3,(H,23,24,28);1H/b17-10-;/t15-;/m0./s1. The average molecular weight is 469 g/mol. The van der Waals surface area contributed by atoms with Crippen molar-refractivity contribution >= 4 is 58.7 Å². The highest BCUT2D eigenvalue weighted by atomic mass is 35.5. The second-order valence-corrected chi connectivity index (χ2v) is 7.84. The number of nitrogens with one attached hydrogen (secondary N) is 1. The molecule has 1 amide bonds. The van der Waals surface area contributed by atoms with E-state index in [2.05, 4.69) is 10.1 Å². The molecule has 3 rings (SSSR count). The van der Waals surface area contributed by atoms with Gasteiger partial charge in [-0.05, 0) is 47.9 Å². The summed E-state index contributed by atoms with van der Waals surface area (Å²) < 4.78 is 25.0. The molecular formula is C20H18ClFN2O4S2. The first-order valence-corrected chi connectivity index (χ1v) is 9.73. The van der Waals surface area contributed by atoms with Crippen LogP contribution in [0.25, 0.3) is 6.08 Å². The molecule has 0 spiro atoms. The molecule has 2 aromatic carbocycles. The number of thiocarbonyl (C=S) groups is 1. The van der Waals surface area contributed by atoms with E-state index < -0.39 is 17.8 Å². The molecule has 1 fully saturated rings. The van der Waals surface area contributed by atoms with Crippen molar-refractivity contribution in [3.8, 4) is 11.5 Å². The third-order valence-electron chi connectivity index (χ3n) is 4.01. The number of hydrogen-bond acceptors (Lipinski definition) is 7. The SMILES string of the molecule is COC(=O)[C@@H](N)Cc1ccc(Oc2ccc(/C=C3\SC(=S)NC3=O)cc2F)cc1.Cl. The number of halogens is 2. The van der Waals surface area contributed by atoms with Crippen LogP contribution in [0.5, 0.6) is 11.5 Å². The van der Waals surface area contributed by atoms with Crippen molar-refractivity contribution in [1.82, 2.24) is 5.32 Å². The summed E-state index contributed by atoms with van der Waals surface area (Å²) in [4.78, 5) is 23.5. The second-order valence-electron chi connectivity index (χ2n) is 6.12. The molecule has 1 atom stereocenters. The van der Waals surface area contributed by atoms with Gasteiger partial charge in [0.15, 0.2) is 11.6 Å². The Labute approximate surface area is 188 Å². The molecule has 0 radical (unpaired) electrons. The molecule has 6 nitrogen and oxygen atoms in total. The van der Waals surface area contributed by atoms with Crippen molar-refractivity contribution < 1.29 is 23.5 Å². The summed E-state index contributed by atoms with van der Waals surface area (Å²) in [7, 11) is 1.28. The predicted molar refractivity (Wildman–Crippen MR) is 120 cm³/mol. The fraction of sp³-hybridized carbons (Fsp3) is 0.150. The first-order chi connectivity index (χ1) is 13.9. The highest BCUT2D eigenvalue weighted by Gasteiger charge is 2.22. The van der Waals surface area contributed by atoms with E-state index in [4.69, 9.17) is 22.7 Å². The van der Waals surface area contributed by atoms with Crippen molar-refractivity contribution in [2.75, 3.05) is 7.11 Å². The molecule has 3 N–H and O–H groups in total. The lowest BCUT2D eigenvalue weighted by molar-refractivity contribution is -0.142. The van der Waals surface area contributed by atoms with E-state index in [9.17, 15) is 14.0 Å². The van der Waals surface area contributed by atoms with Gasteiger partial charge in [-0.15, -0.1) is 12.4 Å². The van der Waals surface area contributed by atoms with Crippen LogP contribution in [0, 0.1) is 5.82 Å². The van der Waals surface area contributed by atoms with Crippen molar-refractivity contribution in [3.05, 3.63) is 64.3 Å². The lowest BCUT2D eigenvalue weighted by Crippen LogP contribution is -2.33. The van der Waals surface area contributed by atoms with Crippen LogP contribution in [0.3, 0.4) is 0 Å². The Balaban J connectivity index is 0.00000320. The zero-order valence-electron chi connectivity index (χ0n) is 15.7. The number of rotatable bonds is 6. The molecule has 158 valence electrons. The van der Waals surface area contributed by atoms with Gasteiger partial charge in [-0.3, -0.25) is 9.59 Å². The average Bonchev–Trinajstić information content (AvgIpc) is 3.01. The number of esters is 1. The number of carbonyl (C=O) groups is 2. The summed E-state index contributed by atoms with van der Waals surface area (Å²) in [5.41, 5.74) is 7.08. The summed E-state index contributed by atoms with van der Waals surface area (Å²) in [6.45, 7) is 0. The summed E-state index contributed by atoms with van der Waals surface area (Å²) >= 11 is 6.06. The Kier molecular flexibility index (Phi) is 8.36. The summed E-state index contributed by atoms with van der Waals surface area (Å²) in [5.74, 6) is -0.876. The van der Waals surface area contributed by atoms with E-state index in [1.807, 2.05) is 0 Å². The predicted octanol–water partition coefficient (Wildman–Crippen LogP) is 3.57. The minimum Gasteiger partial charge on any atom is -0.468 e. The molecule has 1 aliphatic rings. The first kappa shape index (κ1) is 23.8. The van der Waals surface area contributed by atoms with Gasteiger partial charge in [0.05, 0.1) is 12.0 Å². The van der Waals surface area contributed by atoms with Gasteiger partial charge in [0, 0.05) is 0 Å². The molecule has 0 saturated carbocycles. The largest absolute Gasteiger partial charge is 0.468 e. The number of ether oxygens (including phenoxy) is 2. The molecular weight excluding hydrogens is 451 g/mol. The maximum atomic E-state index is 14.4. The lowest BCUT2D eigenvalue weighted by atomic mass is 10.1. The van der Waals surface area contributed by atoms with Crippen molar-refractivity contribution in [3.63, 3.8) is 0 Å². The van der Waals surface area contributed by atoms with Crippen LogP contribution in [-0.4, -0.2) is 29.3 Å². The first-order valence-electron chi connectivity index (χ1n) is 8.50. The Hall–Kier alpha value is -2.46. The van der Waals surface area contributed by atoms with Crippen LogP contribution in [0.15, 0.2) is 47.4 Å². The van der Waals surface area contributed by atoms with E-state index in [-0.39, 0.29) is 24.1 Å². The topological polar surface area (TPSA) is 90.7 Å². The lowest BCUT2D eigenvalue weighted by Gasteiger charge is -2.11. The third-order valence-corrected chi connectivity index (χ3v) is 5.17. The highest BCUT2D eigenvalue weighted by Crippen LogP contribution is 2.29. The summed E-state index contributed by atoms with van der Waals surface area (Å²) in [5, 5.41) is 2.51. The minimum absolute atomic E-state index is 0. The van der Waals surface area contributed by atoms with Crippen molar-refractivity contribution in [2.45, 2.75) is 12.5 Å². The molecule has 10 heteroatoms. The van der Waals surface area contributed by atoms with E-state index in [1.54, 1.807) is 36.4 Å². The van der Waals surface area contributed by atoms with Gasteiger partial charge in [-0.1, -0.05) is 42.2 Å². The summed E-state index contributed by atoms with van der Waals surface area (Å²) in [6, 6.07) is 10.5. The van der Waals surface area contributed by atoms with Gasteiger partial charge in [0.2, 0.25) is 0 Å². The number of amides is 1. The molecule has 1 aliphatic heterocycles. The fourth-order valence-corrected chi connectivity index (χ4v) is 3.62. The molecule has 0 bridgehead atoms. The van der Waals surface area contributed by atoms with Crippen LogP contribution < -0.4 is 15.8 Å². The van der Waals surface area contributed by atoms with E-state index in [0.29, 0.717) is 27.0 Å². The van der Waals surface area contributed by atoms with Gasteiger partial charge in [-0.2, -0.15) is 0 Å². The summed E-state index contributed by atoms with van der Waals surface area (Å²) in [6.07, 6.45) is 1.88. The van der Waals surface area contributed by atoms with Crippen molar-refractivity contribution in [2.24, 2.45) is 5.73 Å². The third kappa shape index (κ3) is 6.02. The van der Waals surface area contributed by atoms with Gasteiger partial charge in [0.1, 0.15) is 16.1 Å². The quantitative estimate of drug-likeness (QED) is 0.380. The molecule has 0 unspecified atom stereocenters. The Morgan fingerprint density at radius 3 is 2.57 bits per heavy atom. The van der Waals surface area contributed by atoms with Gasteiger partial charge in [0.25, 0.3) is 5.91 Å². The molecule has 1 heterocycles. The number of thioether (sulfide) groups is 1. The number of hydrogen-bond donors (Lipinski definition) is 2. The molecule has 0 aliphatic carbocycles. The highest BCUT2D eigenvalue weighted by molar-refractivity contribution is 8.26. The van der Waals surface area contributed by atoms with E-state index in [0.717, 1.165) is 17.3 Å². The Morgan fingerprint density at radius 1 is 1.30 bits per heavy atom. The minimum atomic E-state index is -0.750. The van der Waals surface area contributed by atoms with Gasteiger partial charge >= 0.3 is 5.97 Å². The Morgan fingerprint density at radius 2 is 2.00 bits per heavy atom.